The van der Waals surface area contributed by atoms with Crippen LogP contribution < -0.4 is 5.32 Å². The minimum atomic E-state index is -0.903. The zero-order valence-corrected chi connectivity index (χ0v) is 10.6. The Morgan fingerprint density at radius 3 is 2.40 bits per heavy atom. The number of halogens is 2. The molecule has 0 aromatic heterocycles. The van der Waals surface area contributed by atoms with Gasteiger partial charge in [-0.2, -0.15) is 0 Å². The quantitative estimate of drug-likeness (QED) is 0.902. The van der Waals surface area contributed by atoms with Gasteiger partial charge in [0.15, 0.2) is 0 Å². The van der Waals surface area contributed by atoms with Crippen molar-refractivity contribution in [3.63, 3.8) is 0 Å². The van der Waals surface area contributed by atoms with Gasteiger partial charge in [-0.15, -0.1) is 0 Å². The molecule has 0 fully saturated rings. The maximum absolute atomic E-state index is 13.4. The molecule has 5 heteroatoms. The number of hydrogen-bond acceptors (Lipinski definition) is 2. The van der Waals surface area contributed by atoms with Crippen LogP contribution in [0.15, 0.2) is 42.5 Å². The van der Waals surface area contributed by atoms with Gasteiger partial charge >= 0.3 is 0 Å². The van der Waals surface area contributed by atoms with Gasteiger partial charge in [-0.3, -0.25) is 4.79 Å². The van der Waals surface area contributed by atoms with E-state index in [0.717, 1.165) is 17.7 Å². The van der Waals surface area contributed by atoms with E-state index in [-0.39, 0.29) is 12.2 Å². The second-order valence-electron chi connectivity index (χ2n) is 4.25. The van der Waals surface area contributed by atoms with Gasteiger partial charge in [0.05, 0.1) is 5.56 Å². The number of carbonyl (C=O) groups is 1. The molecule has 2 aromatic carbocycles. The smallest absolute Gasteiger partial charge is 0.258 e. The first-order valence-corrected chi connectivity index (χ1v) is 6.06. The number of aliphatic hydroxyl groups excluding tert-OH is 1. The molecule has 0 aliphatic heterocycles. The number of anilines is 1. The van der Waals surface area contributed by atoms with Crippen molar-refractivity contribution in [1.29, 1.82) is 0 Å². The molecule has 104 valence electrons. The Kier molecular flexibility index (Phi) is 4.42. The van der Waals surface area contributed by atoms with Crippen molar-refractivity contribution in [2.45, 2.75) is 6.42 Å². The van der Waals surface area contributed by atoms with E-state index >= 15 is 0 Å². The van der Waals surface area contributed by atoms with E-state index in [0.29, 0.717) is 18.2 Å². The van der Waals surface area contributed by atoms with Crippen LogP contribution in [0.5, 0.6) is 0 Å². The minimum absolute atomic E-state index is 0.0481. The van der Waals surface area contributed by atoms with Crippen molar-refractivity contribution in [2.24, 2.45) is 0 Å². The highest BCUT2D eigenvalue weighted by atomic mass is 19.1. The van der Waals surface area contributed by atoms with Gasteiger partial charge in [0.2, 0.25) is 0 Å². The second kappa shape index (κ2) is 6.25. The van der Waals surface area contributed by atoms with Crippen LogP contribution in [-0.2, 0) is 6.42 Å². The van der Waals surface area contributed by atoms with Gasteiger partial charge in [-0.1, -0.05) is 12.1 Å². The molecule has 0 saturated heterocycles. The zero-order valence-electron chi connectivity index (χ0n) is 10.6. The van der Waals surface area contributed by atoms with Crippen molar-refractivity contribution < 1.29 is 18.7 Å². The lowest BCUT2D eigenvalue weighted by Gasteiger charge is -2.07. The molecular weight excluding hydrogens is 264 g/mol. The molecule has 1 amide bonds. The summed E-state index contributed by atoms with van der Waals surface area (Å²) >= 11 is 0. The van der Waals surface area contributed by atoms with Gasteiger partial charge in [-0.25, -0.2) is 8.78 Å². The summed E-state index contributed by atoms with van der Waals surface area (Å²) in [6.07, 6.45) is 0.529. The van der Waals surface area contributed by atoms with Gasteiger partial charge in [0, 0.05) is 18.4 Å². The van der Waals surface area contributed by atoms with Crippen LogP contribution in [0.2, 0.25) is 0 Å². The first-order chi connectivity index (χ1) is 9.60. The largest absolute Gasteiger partial charge is 0.396 e. The predicted molar refractivity (Wildman–Crippen MR) is 71.5 cm³/mol. The Labute approximate surface area is 114 Å². The van der Waals surface area contributed by atoms with Crippen LogP contribution in [0, 0.1) is 11.6 Å². The lowest BCUT2D eigenvalue weighted by Crippen LogP contribution is -2.13. The fraction of sp³-hybridized carbons (Fsp3) is 0.133. The molecule has 0 atom stereocenters. The lowest BCUT2D eigenvalue weighted by atomic mass is 10.1. The van der Waals surface area contributed by atoms with E-state index in [1.165, 1.54) is 0 Å². The SMILES string of the molecule is O=C(Nc1ccc(CCO)cc1)c1ccc(F)cc1F. The topological polar surface area (TPSA) is 49.3 Å². The fourth-order valence-electron chi connectivity index (χ4n) is 1.76. The Balaban J connectivity index is 2.11. The molecule has 0 heterocycles. The van der Waals surface area contributed by atoms with Crippen LogP contribution in [0.4, 0.5) is 14.5 Å². The third-order valence-corrected chi connectivity index (χ3v) is 2.79. The predicted octanol–water partition coefficient (Wildman–Crippen LogP) is 2.75. The zero-order chi connectivity index (χ0) is 14.5. The molecule has 0 radical (unpaired) electrons. The van der Waals surface area contributed by atoms with Gasteiger partial charge in [0.25, 0.3) is 5.91 Å². The van der Waals surface area contributed by atoms with E-state index in [2.05, 4.69) is 5.32 Å². The minimum Gasteiger partial charge on any atom is -0.396 e. The Morgan fingerprint density at radius 1 is 1.10 bits per heavy atom. The summed E-state index contributed by atoms with van der Waals surface area (Å²) in [5, 5.41) is 11.3. The summed E-state index contributed by atoms with van der Waals surface area (Å²) in [5.41, 5.74) is 1.21. The Bertz CT molecular complexity index is 612. The maximum Gasteiger partial charge on any atom is 0.258 e. The molecule has 20 heavy (non-hydrogen) atoms. The Morgan fingerprint density at radius 2 is 1.80 bits per heavy atom. The van der Waals surface area contributed by atoms with Gasteiger partial charge in [0.1, 0.15) is 11.6 Å². The van der Waals surface area contributed by atoms with Crippen LogP contribution in [0.1, 0.15) is 15.9 Å². The fourth-order valence-corrected chi connectivity index (χ4v) is 1.76. The van der Waals surface area contributed by atoms with E-state index in [4.69, 9.17) is 5.11 Å². The molecular formula is C15H13F2NO2. The van der Waals surface area contributed by atoms with Crippen molar-refractivity contribution in [2.75, 3.05) is 11.9 Å². The standard InChI is InChI=1S/C15H13F2NO2/c16-11-3-6-13(14(17)9-11)15(20)18-12-4-1-10(2-5-12)7-8-19/h1-6,9,19H,7-8H2,(H,18,20). The Hall–Kier alpha value is -2.27. The van der Waals surface area contributed by atoms with Crippen molar-refractivity contribution >= 4 is 11.6 Å². The van der Waals surface area contributed by atoms with E-state index in [1.807, 2.05) is 0 Å². The molecule has 0 bridgehead atoms. The molecule has 2 rings (SSSR count). The summed E-state index contributed by atoms with van der Waals surface area (Å²) in [4.78, 5) is 11.8. The first kappa shape index (κ1) is 14.1. The highest BCUT2D eigenvalue weighted by molar-refractivity contribution is 6.04. The molecule has 2 N–H and O–H groups in total. The summed E-state index contributed by atoms with van der Waals surface area (Å²) in [6.45, 7) is 0.0481. The molecule has 0 aliphatic rings. The first-order valence-electron chi connectivity index (χ1n) is 6.06. The third kappa shape index (κ3) is 3.39. The second-order valence-corrected chi connectivity index (χ2v) is 4.25. The number of benzene rings is 2. The van der Waals surface area contributed by atoms with E-state index in [9.17, 15) is 13.6 Å². The highest BCUT2D eigenvalue weighted by Gasteiger charge is 2.12. The number of nitrogens with one attached hydrogen (secondary N) is 1. The van der Waals surface area contributed by atoms with Crippen LogP contribution in [-0.4, -0.2) is 17.6 Å². The summed E-state index contributed by atoms with van der Waals surface area (Å²) in [7, 11) is 0. The maximum atomic E-state index is 13.4. The van der Waals surface area contributed by atoms with Crippen molar-refractivity contribution in [3.05, 3.63) is 65.2 Å². The number of carbonyl (C=O) groups excluding carboxylic acids is 1. The monoisotopic (exact) mass is 277 g/mol. The number of aliphatic hydroxyl groups is 1. The molecule has 0 unspecified atom stereocenters. The van der Waals surface area contributed by atoms with Gasteiger partial charge in [-0.05, 0) is 36.2 Å². The molecule has 2 aromatic rings. The van der Waals surface area contributed by atoms with Crippen LogP contribution >= 0.6 is 0 Å². The van der Waals surface area contributed by atoms with E-state index < -0.39 is 17.5 Å². The molecule has 0 aliphatic carbocycles. The molecule has 0 spiro atoms. The summed E-state index contributed by atoms with van der Waals surface area (Å²) in [6, 6.07) is 9.62. The van der Waals surface area contributed by atoms with Crippen LogP contribution in [0.25, 0.3) is 0 Å². The number of hydrogen-bond donors (Lipinski definition) is 2. The average Bonchev–Trinajstić information content (AvgIpc) is 2.41. The third-order valence-electron chi connectivity index (χ3n) is 2.79. The van der Waals surface area contributed by atoms with Gasteiger partial charge < -0.3 is 10.4 Å². The lowest BCUT2D eigenvalue weighted by molar-refractivity contribution is 0.102. The van der Waals surface area contributed by atoms with Crippen molar-refractivity contribution in [1.82, 2.24) is 0 Å². The normalized spacial score (nSPS) is 10.3. The number of amides is 1. The number of rotatable bonds is 4. The highest BCUT2D eigenvalue weighted by Crippen LogP contribution is 2.14. The summed E-state index contributed by atoms with van der Waals surface area (Å²) in [5.74, 6) is -2.27. The molecule has 0 saturated carbocycles. The average molecular weight is 277 g/mol. The summed E-state index contributed by atoms with van der Waals surface area (Å²) < 4.78 is 26.2. The molecule has 3 nitrogen and oxygen atoms in total. The van der Waals surface area contributed by atoms with E-state index in [1.54, 1.807) is 24.3 Å². The van der Waals surface area contributed by atoms with Crippen LogP contribution in [0.3, 0.4) is 0 Å². The van der Waals surface area contributed by atoms with Crippen molar-refractivity contribution in [3.8, 4) is 0 Å².